The van der Waals surface area contributed by atoms with Crippen LogP contribution in [0.4, 0.5) is 5.13 Å². The summed E-state index contributed by atoms with van der Waals surface area (Å²) in [6, 6.07) is 5.00. The zero-order chi connectivity index (χ0) is 21.0. The summed E-state index contributed by atoms with van der Waals surface area (Å²) >= 11 is 1.45. The molecule has 0 atom stereocenters. The van der Waals surface area contributed by atoms with E-state index < -0.39 is 5.97 Å². The van der Waals surface area contributed by atoms with E-state index in [1.165, 1.54) is 30.9 Å². The molecule has 1 saturated carbocycles. The van der Waals surface area contributed by atoms with E-state index in [9.17, 15) is 14.7 Å². The Labute approximate surface area is 176 Å². The second-order valence-corrected chi connectivity index (χ2v) is 8.56. The molecule has 0 radical (unpaired) electrons. The van der Waals surface area contributed by atoms with Crippen molar-refractivity contribution in [3.05, 3.63) is 40.7 Å². The monoisotopic (exact) mass is 424 g/mol. The number of aromatic nitrogens is 3. The molecule has 1 amide bonds. The molecule has 2 aliphatic carbocycles. The summed E-state index contributed by atoms with van der Waals surface area (Å²) in [4.78, 5) is 28.6. The molecule has 1 fully saturated rings. The molecule has 9 heteroatoms. The van der Waals surface area contributed by atoms with E-state index in [4.69, 9.17) is 9.84 Å². The Bertz CT molecular complexity index is 1190. The van der Waals surface area contributed by atoms with Gasteiger partial charge in [-0.05, 0) is 37.8 Å². The summed E-state index contributed by atoms with van der Waals surface area (Å²) in [6.07, 6.45) is 3.93. The Kier molecular flexibility index (Phi) is 4.35. The average molecular weight is 424 g/mol. The molecule has 5 rings (SSSR count). The highest BCUT2D eigenvalue weighted by Crippen LogP contribution is 2.48. The first-order valence-corrected chi connectivity index (χ1v) is 10.6. The number of ether oxygens (including phenoxy) is 1. The minimum atomic E-state index is -1.04. The van der Waals surface area contributed by atoms with Crippen LogP contribution in [0.2, 0.25) is 0 Å². The first-order valence-electron chi connectivity index (χ1n) is 9.77. The number of hydrogen-bond donors (Lipinski definition) is 2. The summed E-state index contributed by atoms with van der Waals surface area (Å²) < 4.78 is 7.20. The number of aryl methyl sites for hydroxylation is 1. The van der Waals surface area contributed by atoms with E-state index in [1.54, 1.807) is 18.2 Å². The number of carboxylic acid groups (broad SMARTS) is 1. The average Bonchev–Trinajstić information content (AvgIpc) is 3.36. The third kappa shape index (κ3) is 3.06. The zero-order valence-electron chi connectivity index (χ0n) is 16.6. The van der Waals surface area contributed by atoms with E-state index in [0.29, 0.717) is 11.0 Å². The van der Waals surface area contributed by atoms with Crippen LogP contribution >= 0.6 is 11.3 Å². The van der Waals surface area contributed by atoms with Crippen molar-refractivity contribution in [1.82, 2.24) is 14.8 Å². The van der Waals surface area contributed by atoms with Gasteiger partial charge in [0, 0.05) is 24.5 Å². The lowest BCUT2D eigenvalue weighted by Crippen LogP contribution is -2.07. The van der Waals surface area contributed by atoms with E-state index in [1.807, 2.05) is 4.68 Å². The van der Waals surface area contributed by atoms with Gasteiger partial charge in [0.15, 0.2) is 5.13 Å². The van der Waals surface area contributed by atoms with Crippen molar-refractivity contribution in [2.24, 2.45) is 0 Å². The minimum Gasteiger partial charge on any atom is -0.496 e. The number of amides is 1. The van der Waals surface area contributed by atoms with E-state index in [-0.39, 0.29) is 17.2 Å². The van der Waals surface area contributed by atoms with Gasteiger partial charge < -0.3 is 15.2 Å². The number of carboxylic acids is 1. The van der Waals surface area contributed by atoms with Crippen LogP contribution in [-0.2, 0) is 17.6 Å². The third-order valence-corrected chi connectivity index (χ3v) is 6.47. The van der Waals surface area contributed by atoms with E-state index in [2.05, 4.69) is 10.3 Å². The molecule has 0 spiro atoms. The Balaban J connectivity index is 1.69. The van der Waals surface area contributed by atoms with Crippen LogP contribution in [0.5, 0.6) is 5.75 Å². The van der Waals surface area contributed by atoms with Crippen LogP contribution in [0.25, 0.3) is 16.3 Å². The summed E-state index contributed by atoms with van der Waals surface area (Å²) in [5.74, 6) is -0.423. The van der Waals surface area contributed by atoms with Crippen LogP contribution in [0.1, 0.15) is 53.0 Å². The number of nitrogens with zero attached hydrogens (tertiary/aromatic N) is 3. The molecular formula is C21H20N4O4S. The van der Waals surface area contributed by atoms with Crippen molar-refractivity contribution in [2.45, 2.75) is 38.5 Å². The molecular weight excluding hydrogens is 404 g/mol. The number of anilines is 1. The standard InChI is InChI=1S/C21H20N4O4S/c1-10(26)22-21-23-15-8-7-14-17(11-3-4-11)24-25(18(14)19(15)30-21)12-5-6-13(20(27)28)16(9-12)29-2/h5-6,9,11H,3-4,7-8H2,1-2H3,(H,27,28)(H,22,23,26). The fourth-order valence-corrected chi connectivity index (χ4v) is 5.08. The highest BCUT2D eigenvalue weighted by Gasteiger charge is 2.36. The van der Waals surface area contributed by atoms with Crippen molar-refractivity contribution < 1.29 is 19.4 Å². The summed E-state index contributed by atoms with van der Waals surface area (Å²) in [7, 11) is 1.46. The second-order valence-electron chi connectivity index (χ2n) is 7.56. The number of rotatable bonds is 5. The van der Waals surface area contributed by atoms with Gasteiger partial charge in [0.25, 0.3) is 0 Å². The van der Waals surface area contributed by atoms with Gasteiger partial charge in [0.2, 0.25) is 5.91 Å². The smallest absolute Gasteiger partial charge is 0.339 e. The van der Waals surface area contributed by atoms with E-state index >= 15 is 0 Å². The molecule has 3 aromatic rings. The van der Waals surface area contributed by atoms with Crippen LogP contribution < -0.4 is 10.1 Å². The topological polar surface area (TPSA) is 106 Å². The molecule has 0 saturated heterocycles. The summed E-state index contributed by atoms with van der Waals surface area (Å²) in [5.41, 5.74) is 5.13. The molecule has 8 nitrogen and oxygen atoms in total. The Morgan fingerprint density at radius 2 is 2.10 bits per heavy atom. The van der Waals surface area contributed by atoms with Crippen LogP contribution in [0.3, 0.4) is 0 Å². The van der Waals surface area contributed by atoms with E-state index in [0.717, 1.165) is 53.3 Å². The predicted molar refractivity (Wildman–Crippen MR) is 112 cm³/mol. The molecule has 2 aliphatic rings. The largest absolute Gasteiger partial charge is 0.496 e. The van der Waals surface area contributed by atoms with Gasteiger partial charge in [-0.25, -0.2) is 14.5 Å². The SMILES string of the molecule is COc1cc(-n2nc(C3CC3)c3c2-c2sc(NC(C)=O)nc2CC3)ccc1C(=O)O. The highest BCUT2D eigenvalue weighted by atomic mass is 32.1. The summed E-state index contributed by atoms with van der Waals surface area (Å²) in [6.45, 7) is 1.47. The summed E-state index contributed by atoms with van der Waals surface area (Å²) in [5, 5.41) is 17.7. The van der Waals surface area contributed by atoms with Crippen LogP contribution in [0.15, 0.2) is 18.2 Å². The van der Waals surface area contributed by atoms with Crippen LogP contribution in [0, 0.1) is 0 Å². The first kappa shape index (κ1) is 18.8. The molecule has 0 aliphatic heterocycles. The van der Waals surface area contributed by atoms with Crippen molar-refractivity contribution in [1.29, 1.82) is 0 Å². The fourth-order valence-electron chi connectivity index (χ4n) is 3.96. The van der Waals surface area contributed by atoms with Crippen LogP contribution in [-0.4, -0.2) is 38.9 Å². The van der Waals surface area contributed by atoms with Gasteiger partial charge in [-0.3, -0.25) is 4.79 Å². The molecule has 154 valence electrons. The number of thiazole rings is 1. The number of nitrogens with one attached hydrogen (secondary N) is 1. The molecule has 2 aromatic heterocycles. The zero-order valence-corrected chi connectivity index (χ0v) is 17.4. The lowest BCUT2D eigenvalue weighted by molar-refractivity contribution is -0.114. The minimum absolute atomic E-state index is 0.108. The Hall–Kier alpha value is -3.20. The molecule has 2 N–H and O–H groups in total. The normalized spacial score (nSPS) is 14.7. The maximum Gasteiger partial charge on any atom is 0.339 e. The van der Waals surface area contributed by atoms with Gasteiger partial charge in [-0.2, -0.15) is 5.10 Å². The Morgan fingerprint density at radius 3 is 2.77 bits per heavy atom. The Morgan fingerprint density at radius 1 is 1.30 bits per heavy atom. The lowest BCUT2D eigenvalue weighted by atomic mass is 9.96. The number of aromatic carboxylic acids is 1. The van der Waals surface area contributed by atoms with Crippen molar-refractivity contribution in [3.8, 4) is 22.0 Å². The maximum atomic E-state index is 11.5. The molecule has 1 aromatic carbocycles. The fraction of sp³-hybridized carbons (Fsp3) is 0.333. The van der Waals surface area contributed by atoms with Gasteiger partial charge in [-0.15, -0.1) is 0 Å². The molecule has 2 heterocycles. The predicted octanol–water partition coefficient (Wildman–Crippen LogP) is 3.64. The molecule has 0 unspecified atom stereocenters. The number of carbonyl (C=O) groups is 2. The molecule has 0 bridgehead atoms. The van der Waals surface area contributed by atoms with Crippen molar-refractivity contribution >= 4 is 28.3 Å². The van der Waals surface area contributed by atoms with Gasteiger partial charge in [0.1, 0.15) is 11.3 Å². The number of carbonyl (C=O) groups excluding carboxylic acids is 1. The first-order chi connectivity index (χ1) is 14.5. The van der Waals surface area contributed by atoms with Gasteiger partial charge in [-0.1, -0.05) is 11.3 Å². The van der Waals surface area contributed by atoms with Crippen molar-refractivity contribution in [2.75, 3.05) is 12.4 Å². The number of hydrogen-bond acceptors (Lipinski definition) is 6. The van der Waals surface area contributed by atoms with Gasteiger partial charge in [0.05, 0.1) is 34.8 Å². The number of benzene rings is 1. The highest BCUT2D eigenvalue weighted by molar-refractivity contribution is 7.19. The molecule has 30 heavy (non-hydrogen) atoms. The quantitative estimate of drug-likeness (QED) is 0.648. The number of fused-ring (bicyclic) bond motifs is 3. The third-order valence-electron chi connectivity index (χ3n) is 5.45. The lowest BCUT2D eigenvalue weighted by Gasteiger charge is -2.15. The van der Waals surface area contributed by atoms with Gasteiger partial charge >= 0.3 is 5.97 Å². The van der Waals surface area contributed by atoms with Crippen molar-refractivity contribution in [3.63, 3.8) is 0 Å². The second kappa shape index (κ2) is 6.94. The maximum absolute atomic E-state index is 11.5. The number of methoxy groups -OCH3 is 1.